The van der Waals surface area contributed by atoms with E-state index in [0.29, 0.717) is 0 Å². The molecule has 0 aliphatic heterocycles. The Morgan fingerprint density at radius 3 is 2.44 bits per heavy atom. The zero-order valence-corrected chi connectivity index (χ0v) is 11.5. The smallest absolute Gasteiger partial charge is 0.0777 e. The summed E-state index contributed by atoms with van der Waals surface area (Å²) in [6.07, 6.45) is 3.51. The molecule has 0 bridgehead atoms. The standard InChI is InChI=1S/C15H18Si/c1-10-6-5-7-14(12(10)3)16-15-9-8-11(2)13(15)4/h5-8H,9H2,1-4H3. The van der Waals surface area contributed by atoms with E-state index in [-0.39, 0.29) is 0 Å². The van der Waals surface area contributed by atoms with Gasteiger partial charge in [-0.05, 0) is 45.2 Å². The molecule has 0 unspecified atom stereocenters. The Morgan fingerprint density at radius 2 is 1.81 bits per heavy atom. The lowest BCUT2D eigenvalue weighted by atomic mass is 10.1. The maximum atomic E-state index is 2.35. The van der Waals surface area contributed by atoms with Crippen LogP contribution < -0.4 is 5.19 Å². The van der Waals surface area contributed by atoms with Crippen molar-refractivity contribution in [3.05, 3.63) is 51.7 Å². The Bertz CT molecular complexity index is 478. The van der Waals surface area contributed by atoms with Gasteiger partial charge < -0.3 is 0 Å². The Hall–Kier alpha value is -1.08. The van der Waals surface area contributed by atoms with Gasteiger partial charge in [-0.1, -0.05) is 45.8 Å². The molecular weight excluding hydrogens is 208 g/mol. The van der Waals surface area contributed by atoms with Crippen LogP contribution in [-0.2, 0) is 0 Å². The van der Waals surface area contributed by atoms with Gasteiger partial charge >= 0.3 is 0 Å². The van der Waals surface area contributed by atoms with Gasteiger partial charge in [0.2, 0.25) is 0 Å². The molecule has 1 aromatic carbocycles. The Kier molecular flexibility index (Phi) is 3.15. The van der Waals surface area contributed by atoms with Crippen molar-refractivity contribution in [1.82, 2.24) is 0 Å². The first-order valence-electron chi connectivity index (χ1n) is 5.79. The average molecular weight is 226 g/mol. The van der Waals surface area contributed by atoms with E-state index in [1.165, 1.54) is 27.5 Å². The van der Waals surface area contributed by atoms with Crippen LogP contribution >= 0.6 is 0 Å². The van der Waals surface area contributed by atoms with Gasteiger partial charge in [-0.3, -0.25) is 0 Å². The van der Waals surface area contributed by atoms with Crippen LogP contribution in [0.25, 0.3) is 0 Å². The van der Waals surface area contributed by atoms with Gasteiger partial charge in [-0.25, -0.2) is 0 Å². The minimum atomic E-state index is 0.847. The van der Waals surface area contributed by atoms with E-state index in [1.807, 2.05) is 0 Å². The molecule has 1 aliphatic carbocycles. The number of hydrogen-bond acceptors (Lipinski definition) is 0. The number of allylic oxidation sites excluding steroid dienone is 4. The molecule has 2 rings (SSSR count). The predicted octanol–water partition coefficient (Wildman–Crippen LogP) is 3.26. The predicted molar refractivity (Wildman–Crippen MR) is 72.4 cm³/mol. The monoisotopic (exact) mass is 226 g/mol. The molecular formula is C15H18Si. The number of hydrogen-bond donors (Lipinski definition) is 0. The summed E-state index contributed by atoms with van der Waals surface area (Å²) >= 11 is 0. The lowest BCUT2D eigenvalue weighted by molar-refractivity contribution is 1.34. The second kappa shape index (κ2) is 4.42. The highest BCUT2D eigenvalue weighted by Crippen LogP contribution is 2.24. The second-order valence-corrected chi connectivity index (χ2v) is 5.96. The zero-order chi connectivity index (χ0) is 11.7. The minimum Gasteiger partial charge on any atom is -0.0777 e. The van der Waals surface area contributed by atoms with Crippen LogP contribution in [0.5, 0.6) is 0 Å². The lowest BCUT2D eigenvalue weighted by Gasteiger charge is -2.09. The molecule has 1 aromatic rings. The van der Waals surface area contributed by atoms with Crippen molar-refractivity contribution in [2.45, 2.75) is 34.1 Å². The second-order valence-electron chi connectivity index (χ2n) is 4.57. The molecule has 0 atom stereocenters. The van der Waals surface area contributed by atoms with Crippen LogP contribution in [0.1, 0.15) is 31.4 Å². The van der Waals surface area contributed by atoms with Gasteiger partial charge in [-0.15, -0.1) is 0 Å². The first-order valence-corrected chi connectivity index (χ1v) is 6.79. The Balaban J connectivity index is 2.27. The van der Waals surface area contributed by atoms with Crippen molar-refractivity contribution >= 4 is 14.7 Å². The molecule has 0 spiro atoms. The van der Waals surface area contributed by atoms with Crippen molar-refractivity contribution in [3.63, 3.8) is 0 Å². The third-order valence-corrected chi connectivity index (χ3v) is 5.24. The normalized spacial score (nSPS) is 15.6. The molecule has 0 fully saturated rings. The molecule has 0 aromatic heterocycles. The molecule has 82 valence electrons. The summed E-state index contributed by atoms with van der Waals surface area (Å²) in [6, 6.07) is 6.65. The molecule has 16 heavy (non-hydrogen) atoms. The van der Waals surface area contributed by atoms with Crippen molar-refractivity contribution in [2.75, 3.05) is 0 Å². The summed E-state index contributed by atoms with van der Waals surface area (Å²) in [5.41, 5.74) is 5.85. The molecule has 0 N–H and O–H groups in total. The highest BCUT2D eigenvalue weighted by Gasteiger charge is 2.13. The molecule has 0 amide bonds. The van der Waals surface area contributed by atoms with E-state index in [4.69, 9.17) is 0 Å². The van der Waals surface area contributed by atoms with Crippen LogP contribution in [0, 0.1) is 13.8 Å². The maximum absolute atomic E-state index is 2.35. The van der Waals surface area contributed by atoms with Gasteiger partial charge in [0.15, 0.2) is 0 Å². The van der Waals surface area contributed by atoms with Crippen molar-refractivity contribution in [1.29, 1.82) is 0 Å². The van der Waals surface area contributed by atoms with Gasteiger partial charge in [0, 0.05) is 0 Å². The SMILES string of the molecule is CC1=CCC([Si]c2cccc(C)c2C)=C1C. The Morgan fingerprint density at radius 1 is 1.06 bits per heavy atom. The number of benzene rings is 1. The van der Waals surface area contributed by atoms with Crippen molar-refractivity contribution in [2.24, 2.45) is 0 Å². The fourth-order valence-corrected chi connectivity index (χ4v) is 3.47. The average Bonchev–Trinajstić information content (AvgIpc) is 2.57. The van der Waals surface area contributed by atoms with Crippen LogP contribution in [0.4, 0.5) is 0 Å². The summed E-state index contributed by atoms with van der Waals surface area (Å²) in [5.74, 6) is 0. The van der Waals surface area contributed by atoms with Gasteiger partial charge in [0.25, 0.3) is 0 Å². The van der Waals surface area contributed by atoms with E-state index < -0.39 is 0 Å². The zero-order valence-electron chi connectivity index (χ0n) is 10.5. The summed E-state index contributed by atoms with van der Waals surface area (Å²) in [4.78, 5) is 0. The van der Waals surface area contributed by atoms with Crippen molar-refractivity contribution in [3.8, 4) is 0 Å². The van der Waals surface area contributed by atoms with E-state index in [9.17, 15) is 0 Å². The van der Waals surface area contributed by atoms with Gasteiger partial charge in [0.1, 0.15) is 9.52 Å². The van der Waals surface area contributed by atoms with Crippen LogP contribution in [0.2, 0.25) is 0 Å². The minimum absolute atomic E-state index is 0.847. The fraction of sp³-hybridized carbons (Fsp3) is 0.333. The molecule has 2 radical (unpaired) electrons. The number of rotatable bonds is 2. The summed E-state index contributed by atoms with van der Waals surface area (Å²) in [6.45, 7) is 8.91. The first kappa shape index (κ1) is 11.4. The summed E-state index contributed by atoms with van der Waals surface area (Å²) in [7, 11) is 0.847. The van der Waals surface area contributed by atoms with Gasteiger partial charge in [-0.2, -0.15) is 0 Å². The molecule has 0 saturated carbocycles. The van der Waals surface area contributed by atoms with Crippen LogP contribution in [-0.4, -0.2) is 9.52 Å². The highest BCUT2D eigenvalue weighted by molar-refractivity contribution is 6.62. The third kappa shape index (κ3) is 2.05. The molecule has 1 heteroatoms. The highest BCUT2D eigenvalue weighted by atomic mass is 28.2. The topological polar surface area (TPSA) is 0 Å². The molecule has 1 aliphatic rings. The van der Waals surface area contributed by atoms with Gasteiger partial charge in [0.05, 0.1) is 0 Å². The van der Waals surface area contributed by atoms with Crippen molar-refractivity contribution < 1.29 is 0 Å². The number of aryl methyl sites for hydroxylation is 1. The van der Waals surface area contributed by atoms with E-state index in [2.05, 4.69) is 52.0 Å². The molecule has 0 nitrogen and oxygen atoms in total. The molecule has 0 saturated heterocycles. The van der Waals surface area contributed by atoms with E-state index >= 15 is 0 Å². The van der Waals surface area contributed by atoms with E-state index in [1.54, 1.807) is 5.20 Å². The Labute approximate surface area is 101 Å². The summed E-state index contributed by atoms with van der Waals surface area (Å²) < 4.78 is 0. The lowest BCUT2D eigenvalue weighted by Crippen LogP contribution is -2.20. The third-order valence-electron chi connectivity index (χ3n) is 3.55. The van der Waals surface area contributed by atoms with E-state index in [0.717, 1.165) is 15.9 Å². The largest absolute Gasteiger partial charge is 0.117 e. The summed E-state index contributed by atoms with van der Waals surface area (Å²) in [5, 5.41) is 3.13. The van der Waals surface area contributed by atoms with Crippen LogP contribution in [0.3, 0.4) is 0 Å². The molecule has 0 heterocycles. The maximum Gasteiger partial charge on any atom is 0.117 e. The first-order chi connectivity index (χ1) is 7.59. The van der Waals surface area contributed by atoms with Crippen LogP contribution in [0.15, 0.2) is 40.6 Å². The fourth-order valence-electron chi connectivity index (χ4n) is 1.99. The quantitative estimate of drug-likeness (QED) is 0.679.